The normalized spacial score (nSPS) is 22.3. The van der Waals surface area contributed by atoms with E-state index in [1.165, 1.54) is 0 Å². The van der Waals surface area contributed by atoms with Gasteiger partial charge < -0.3 is 10.2 Å². The van der Waals surface area contributed by atoms with Crippen molar-refractivity contribution in [3.63, 3.8) is 0 Å². The number of carbonyl (C=O) groups excluding carboxylic acids is 2. The number of hydrogen-bond acceptors (Lipinski definition) is 2. The zero-order chi connectivity index (χ0) is 16.6. The highest BCUT2D eigenvalue weighted by atomic mass is 16.2. The molecule has 2 aromatic carbocycles. The summed E-state index contributed by atoms with van der Waals surface area (Å²) in [5.74, 6) is 0.154. The number of fused-ring (bicyclic) bond motifs is 1. The largest absolute Gasteiger partial charge is 0.341 e. The van der Waals surface area contributed by atoms with Gasteiger partial charge in [-0.15, -0.1) is 0 Å². The molecule has 1 atom stereocenters. The Kier molecular flexibility index (Phi) is 3.60. The summed E-state index contributed by atoms with van der Waals surface area (Å²) in [6, 6.07) is 17.7. The molecule has 0 radical (unpaired) electrons. The second-order valence-corrected chi connectivity index (χ2v) is 6.80. The topological polar surface area (TPSA) is 49.4 Å². The van der Waals surface area contributed by atoms with Crippen molar-refractivity contribution >= 4 is 17.5 Å². The van der Waals surface area contributed by atoms with Gasteiger partial charge in [-0.05, 0) is 30.0 Å². The molecule has 0 aliphatic carbocycles. The molecule has 1 fully saturated rings. The molecule has 1 saturated heterocycles. The minimum absolute atomic E-state index is 0.0520. The predicted molar refractivity (Wildman–Crippen MR) is 92.6 cm³/mol. The fourth-order valence-corrected chi connectivity index (χ4v) is 3.79. The summed E-state index contributed by atoms with van der Waals surface area (Å²) < 4.78 is 0. The average Bonchev–Trinajstić information content (AvgIpc) is 3.02. The van der Waals surface area contributed by atoms with E-state index in [1.54, 1.807) is 0 Å². The van der Waals surface area contributed by atoms with Crippen molar-refractivity contribution in [3.05, 3.63) is 65.7 Å². The highest BCUT2D eigenvalue weighted by Crippen LogP contribution is 2.40. The lowest BCUT2D eigenvalue weighted by molar-refractivity contribution is -0.131. The van der Waals surface area contributed by atoms with E-state index in [4.69, 9.17) is 0 Å². The van der Waals surface area contributed by atoms with Crippen molar-refractivity contribution in [2.24, 2.45) is 5.41 Å². The maximum atomic E-state index is 12.7. The maximum Gasteiger partial charge on any atom is 0.232 e. The first-order chi connectivity index (χ1) is 11.7. The van der Waals surface area contributed by atoms with E-state index in [-0.39, 0.29) is 11.8 Å². The van der Waals surface area contributed by atoms with Crippen molar-refractivity contribution < 1.29 is 9.59 Å². The van der Waals surface area contributed by atoms with Gasteiger partial charge in [-0.3, -0.25) is 9.59 Å². The van der Waals surface area contributed by atoms with Crippen LogP contribution < -0.4 is 5.32 Å². The molecule has 0 bridgehead atoms. The van der Waals surface area contributed by atoms with E-state index in [9.17, 15) is 9.59 Å². The molecule has 24 heavy (non-hydrogen) atoms. The lowest BCUT2D eigenvalue weighted by Crippen LogP contribution is -2.44. The molecule has 2 aliphatic rings. The molecule has 4 heteroatoms. The first-order valence-corrected chi connectivity index (χ1v) is 8.37. The van der Waals surface area contributed by atoms with Gasteiger partial charge in [0.15, 0.2) is 0 Å². The van der Waals surface area contributed by atoms with Crippen LogP contribution in [0.3, 0.4) is 0 Å². The predicted octanol–water partition coefficient (Wildman–Crippen LogP) is 2.64. The molecular formula is C20H20N2O2. The molecule has 1 unspecified atom stereocenters. The fraction of sp³-hybridized carbons (Fsp3) is 0.300. The molecule has 2 aliphatic heterocycles. The van der Waals surface area contributed by atoms with Crippen molar-refractivity contribution in [2.75, 3.05) is 18.4 Å². The highest BCUT2D eigenvalue weighted by molar-refractivity contribution is 5.99. The van der Waals surface area contributed by atoms with Crippen LogP contribution in [0.25, 0.3) is 0 Å². The van der Waals surface area contributed by atoms with Crippen LogP contribution in [-0.2, 0) is 22.4 Å². The summed E-state index contributed by atoms with van der Waals surface area (Å²) >= 11 is 0. The van der Waals surface area contributed by atoms with Crippen molar-refractivity contribution in [2.45, 2.75) is 19.3 Å². The van der Waals surface area contributed by atoms with E-state index in [2.05, 4.69) is 11.4 Å². The fourth-order valence-electron chi connectivity index (χ4n) is 3.79. The summed E-state index contributed by atoms with van der Waals surface area (Å²) in [6.07, 6.45) is 1.84. The van der Waals surface area contributed by atoms with E-state index in [1.807, 2.05) is 53.4 Å². The zero-order valence-corrected chi connectivity index (χ0v) is 13.5. The Morgan fingerprint density at radius 1 is 1.08 bits per heavy atom. The third-order valence-corrected chi connectivity index (χ3v) is 5.18. The minimum Gasteiger partial charge on any atom is -0.341 e. The van der Waals surface area contributed by atoms with Crippen LogP contribution in [0, 0.1) is 5.41 Å². The number of para-hydroxylation sites is 1. The van der Waals surface area contributed by atoms with Gasteiger partial charge in [-0.2, -0.15) is 0 Å². The number of benzene rings is 2. The molecule has 2 amide bonds. The number of rotatable bonds is 2. The van der Waals surface area contributed by atoms with E-state index in [0.29, 0.717) is 25.9 Å². The van der Waals surface area contributed by atoms with Crippen LogP contribution in [0.2, 0.25) is 0 Å². The van der Waals surface area contributed by atoms with Crippen LogP contribution in [0.15, 0.2) is 54.6 Å². The standard InChI is InChI=1S/C20H20N2O2/c23-18(12-15-6-2-1-3-7-15)22-11-10-20(14-22)13-16-8-4-5-9-17(16)21-19(20)24/h1-9H,10-14H2,(H,21,24). The summed E-state index contributed by atoms with van der Waals surface area (Å²) in [4.78, 5) is 27.1. The number of hydrogen-bond donors (Lipinski definition) is 1. The molecule has 122 valence electrons. The highest BCUT2D eigenvalue weighted by Gasteiger charge is 2.48. The van der Waals surface area contributed by atoms with Gasteiger partial charge in [0.05, 0.1) is 11.8 Å². The summed E-state index contributed by atoms with van der Waals surface area (Å²) in [5, 5.41) is 3.02. The van der Waals surface area contributed by atoms with Crippen LogP contribution in [0.5, 0.6) is 0 Å². The molecule has 2 aromatic rings. The second-order valence-electron chi connectivity index (χ2n) is 6.80. The van der Waals surface area contributed by atoms with Gasteiger partial charge in [0.2, 0.25) is 11.8 Å². The van der Waals surface area contributed by atoms with Gasteiger partial charge in [0.1, 0.15) is 0 Å². The van der Waals surface area contributed by atoms with Crippen molar-refractivity contribution in [1.29, 1.82) is 0 Å². The molecule has 1 N–H and O–H groups in total. The van der Waals surface area contributed by atoms with Crippen LogP contribution in [-0.4, -0.2) is 29.8 Å². The Labute approximate surface area is 141 Å². The Hall–Kier alpha value is -2.62. The second kappa shape index (κ2) is 5.78. The van der Waals surface area contributed by atoms with Gasteiger partial charge in [0, 0.05) is 18.8 Å². The van der Waals surface area contributed by atoms with Crippen molar-refractivity contribution in [1.82, 2.24) is 4.90 Å². The number of nitrogens with one attached hydrogen (secondary N) is 1. The minimum atomic E-state index is -0.472. The van der Waals surface area contributed by atoms with Crippen molar-refractivity contribution in [3.8, 4) is 0 Å². The molecule has 1 spiro atoms. The zero-order valence-electron chi connectivity index (χ0n) is 13.5. The van der Waals surface area contributed by atoms with E-state index < -0.39 is 5.41 Å². The molecular weight excluding hydrogens is 300 g/mol. The van der Waals surface area contributed by atoms with Crippen LogP contribution >= 0.6 is 0 Å². The smallest absolute Gasteiger partial charge is 0.232 e. The Bertz CT molecular complexity index is 787. The first-order valence-electron chi connectivity index (χ1n) is 8.37. The number of likely N-dealkylation sites (tertiary alicyclic amines) is 1. The molecule has 4 rings (SSSR count). The monoisotopic (exact) mass is 320 g/mol. The van der Waals surface area contributed by atoms with Gasteiger partial charge >= 0.3 is 0 Å². The van der Waals surface area contributed by atoms with Gasteiger partial charge in [-0.1, -0.05) is 48.5 Å². The number of anilines is 1. The van der Waals surface area contributed by atoms with E-state index in [0.717, 1.165) is 23.2 Å². The Balaban J connectivity index is 1.50. The maximum absolute atomic E-state index is 12.7. The third-order valence-electron chi connectivity index (χ3n) is 5.18. The third kappa shape index (κ3) is 2.58. The molecule has 0 saturated carbocycles. The SMILES string of the molecule is O=C(Cc1ccccc1)N1CCC2(Cc3ccccc3NC2=O)C1. The molecule has 0 aromatic heterocycles. The lowest BCUT2D eigenvalue weighted by Gasteiger charge is -2.33. The molecule has 4 nitrogen and oxygen atoms in total. The number of amides is 2. The van der Waals surface area contributed by atoms with E-state index >= 15 is 0 Å². The van der Waals surface area contributed by atoms with Gasteiger partial charge in [-0.25, -0.2) is 0 Å². The quantitative estimate of drug-likeness (QED) is 0.925. The summed E-state index contributed by atoms with van der Waals surface area (Å²) in [7, 11) is 0. The molecule has 2 heterocycles. The van der Waals surface area contributed by atoms with Crippen LogP contribution in [0.4, 0.5) is 5.69 Å². The Morgan fingerprint density at radius 3 is 2.67 bits per heavy atom. The number of nitrogens with zero attached hydrogens (tertiary/aromatic N) is 1. The summed E-state index contributed by atoms with van der Waals surface area (Å²) in [5.41, 5.74) is 2.61. The van der Waals surface area contributed by atoms with Crippen LogP contribution in [0.1, 0.15) is 17.5 Å². The Morgan fingerprint density at radius 2 is 1.83 bits per heavy atom. The lowest BCUT2D eigenvalue weighted by atomic mass is 9.77. The van der Waals surface area contributed by atoms with Gasteiger partial charge in [0.25, 0.3) is 0 Å². The summed E-state index contributed by atoms with van der Waals surface area (Å²) in [6.45, 7) is 1.17. The average molecular weight is 320 g/mol. The number of carbonyl (C=O) groups is 2. The first kappa shape index (κ1) is 14.9.